The van der Waals surface area contributed by atoms with Gasteiger partial charge in [0, 0.05) is 24.8 Å². The number of rotatable bonds is 4. The minimum atomic E-state index is 0.478. The number of anilines is 2. The fraction of sp³-hybridized carbons (Fsp3) is 0.625. The Morgan fingerprint density at radius 1 is 1.26 bits per heavy atom. The Balaban J connectivity index is 2.08. The van der Waals surface area contributed by atoms with Crippen LogP contribution in [-0.2, 0) is 0 Å². The van der Waals surface area contributed by atoms with Gasteiger partial charge in [-0.05, 0) is 36.8 Å². The monoisotopic (exact) mass is 262 g/mol. The van der Waals surface area contributed by atoms with Crippen LogP contribution in [0, 0.1) is 5.41 Å². The van der Waals surface area contributed by atoms with Crippen LogP contribution < -0.4 is 15.4 Å². The second-order valence-corrected chi connectivity index (χ2v) is 6.22. The summed E-state index contributed by atoms with van der Waals surface area (Å²) in [7, 11) is 0. The summed E-state index contributed by atoms with van der Waals surface area (Å²) in [5, 5.41) is 0. The van der Waals surface area contributed by atoms with Gasteiger partial charge < -0.3 is 15.4 Å². The summed E-state index contributed by atoms with van der Waals surface area (Å²) in [5.41, 5.74) is 8.40. The minimum absolute atomic E-state index is 0.478. The Morgan fingerprint density at radius 3 is 2.58 bits per heavy atom. The van der Waals surface area contributed by atoms with Gasteiger partial charge in [0.05, 0.1) is 12.3 Å². The molecule has 0 atom stereocenters. The number of hydrogen-bond acceptors (Lipinski definition) is 3. The van der Waals surface area contributed by atoms with Gasteiger partial charge in [-0.15, -0.1) is 0 Å². The molecule has 0 radical (unpaired) electrons. The Kier molecular flexibility index (Phi) is 4.23. The highest BCUT2D eigenvalue weighted by Gasteiger charge is 2.25. The van der Waals surface area contributed by atoms with Gasteiger partial charge in [0.15, 0.2) is 0 Å². The molecule has 1 aliphatic rings. The molecule has 1 heterocycles. The smallest absolute Gasteiger partial charge is 0.144 e. The maximum Gasteiger partial charge on any atom is 0.144 e. The van der Waals surface area contributed by atoms with E-state index in [1.807, 2.05) is 6.07 Å². The maximum atomic E-state index is 5.96. The Labute approximate surface area is 116 Å². The topological polar surface area (TPSA) is 38.5 Å². The lowest BCUT2D eigenvalue weighted by Crippen LogP contribution is -2.37. The van der Waals surface area contributed by atoms with Crippen LogP contribution in [0.1, 0.15) is 40.0 Å². The van der Waals surface area contributed by atoms with Crippen molar-refractivity contribution < 1.29 is 4.74 Å². The van der Waals surface area contributed by atoms with Crippen LogP contribution in [0.4, 0.5) is 11.4 Å². The molecule has 19 heavy (non-hydrogen) atoms. The summed E-state index contributed by atoms with van der Waals surface area (Å²) < 4.78 is 5.71. The van der Waals surface area contributed by atoms with Crippen molar-refractivity contribution in [1.29, 1.82) is 0 Å². The molecule has 0 bridgehead atoms. The summed E-state index contributed by atoms with van der Waals surface area (Å²) in [6.07, 6.45) is 3.48. The molecule has 0 unspecified atom stereocenters. The van der Waals surface area contributed by atoms with E-state index in [2.05, 4.69) is 37.8 Å². The predicted octanol–water partition coefficient (Wildman–Crippen LogP) is 3.68. The zero-order valence-electron chi connectivity index (χ0n) is 12.4. The number of hydrogen-bond donors (Lipinski definition) is 1. The first kappa shape index (κ1) is 14.0. The van der Waals surface area contributed by atoms with Crippen LogP contribution in [0.5, 0.6) is 5.75 Å². The first-order chi connectivity index (χ1) is 9.02. The zero-order chi connectivity index (χ0) is 13.9. The van der Waals surface area contributed by atoms with Crippen molar-refractivity contribution in [1.82, 2.24) is 0 Å². The lowest BCUT2D eigenvalue weighted by Gasteiger charge is -2.38. The molecule has 1 fully saturated rings. The lowest BCUT2D eigenvalue weighted by molar-refractivity contribution is 0.279. The fourth-order valence-electron chi connectivity index (χ4n) is 2.43. The van der Waals surface area contributed by atoms with E-state index in [0.29, 0.717) is 5.41 Å². The van der Waals surface area contributed by atoms with Gasteiger partial charge in [-0.3, -0.25) is 0 Å². The molecule has 1 aromatic rings. The highest BCUT2D eigenvalue weighted by molar-refractivity contribution is 5.62. The number of benzene rings is 1. The average molecular weight is 262 g/mol. The fourth-order valence-corrected chi connectivity index (χ4v) is 2.43. The minimum Gasteiger partial charge on any atom is -0.491 e. The molecule has 2 N–H and O–H groups in total. The molecule has 0 aliphatic carbocycles. The van der Waals surface area contributed by atoms with E-state index in [0.717, 1.165) is 37.6 Å². The van der Waals surface area contributed by atoms with Gasteiger partial charge in [0.25, 0.3) is 0 Å². The number of piperidine rings is 1. The van der Waals surface area contributed by atoms with Crippen LogP contribution >= 0.6 is 0 Å². The van der Waals surface area contributed by atoms with Gasteiger partial charge in [0.1, 0.15) is 5.75 Å². The van der Waals surface area contributed by atoms with E-state index in [1.165, 1.54) is 18.5 Å². The van der Waals surface area contributed by atoms with Gasteiger partial charge in [0.2, 0.25) is 0 Å². The van der Waals surface area contributed by atoms with Crippen molar-refractivity contribution in [3.05, 3.63) is 18.2 Å². The summed E-state index contributed by atoms with van der Waals surface area (Å²) in [4.78, 5) is 2.43. The quantitative estimate of drug-likeness (QED) is 0.841. The Bertz CT molecular complexity index is 419. The molecule has 0 amide bonds. The largest absolute Gasteiger partial charge is 0.491 e. The van der Waals surface area contributed by atoms with Crippen molar-refractivity contribution in [2.75, 3.05) is 30.3 Å². The normalized spacial score (nSPS) is 18.4. The SMILES string of the molecule is CCCOc1cc(N2CCC(C)(C)CC2)ccc1N. The molecule has 0 spiro atoms. The van der Waals surface area contributed by atoms with E-state index < -0.39 is 0 Å². The summed E-state index contributed by atoms with van der Waals surface area (Å²) in [5.74, 6) is 0.823. The van der Waals surface area contributed by atoms with Crippen molar-refractivity contribution in [2.45, 2.75) is 40.0 Å². The zero-order valence-corrected chi connectivity index (χ0v) is 12.4. The van der Waals surface area contributed by atoms with E-state index in [4.69, 9.17) is 10.5 Å². The summed E-state index contributed by atoms with van der Waals surface area (Å²) in [6, 6.07) is 6.15. The average Bonchev–Trinajstić information content (AvgIpc) is 2.38. The van der Waals surface area contributed by atoms with E-state index >= 15 is 0 Å². The Morgan fingerprint density at radius 2 is 1.95 bits per heavy atom. The molecule has 3 heteroatoms. The molecule has 3 nitrogen and oxygen atoms in total. The highest BCUT2D eigenvalue weighted by Crippen LogP contribution is 2.34. The van der Waals surface area contributed by atoms with Crippen LogP contribution in [0.15, 0.2) is 18.2 Å². The highest BCUT2D eigenvalue weighted by atomic mass is 16.5. The third-order valence-corrected chi connectivity index (χ3v) is 3.94. The number of nitrogens with two attached hydrogens (primary N) is 1. The van der Waals surface area contributed by atoms with Gasteiger partial charge in [-0.25, -0.2) is 0 Å². The van der Waals surface area contributed by atoms with E-state index in [-0.39, 0.29) is 0 Å². The molecule has 1 aromatic carbocycles. The van der Waals surface area contributed by atoms with Gasteiger partial charge in [-0.1, -0.05) is 20.8 Å². The first-order valence-electron chi connectivity index (χ1n) is 7.29. The first-order valence-corrected chi connectivity index (χ1v) is 7.29. The van der Waals surface area contributed by atoms with Crippen LogP contribution in [0.2, 0.25) is 0 Å². The molecule has 0 aromatic heterocycles. The van der Waals surface area contributed by atoms with Crippen LogP contribution in [0.25, 0.3) is 0 Å². The maximum absolute atomic E-state index is 5.96. The number of nitrogens with zero attached hydrogens (tertiary/aromatic N) is 1. The van der Waals surface area contributed by atoms with Crippen molar-refractivity contribution >= 4 is 11.4 Å². The third kappa shape index (κ3) is 3.55. The van der Waals surface area contributed by atoms with Crippen molar-refractivity contribution in [2.24, 2.45) is 5.41 Å². The standard InChI is InChI=1S/C16H26N2O/c1-4-11-19-15-12-13(5-6-14(15)17)18-9-7-16(2,3)8-10-18/h5-6,12H,4,7-11,17H2,1-3H3. The summed E-state index contributed by atoms with van der Waals surface area (Å²) >= 11 is 0. The van der Waals surface area contributed by atoms with E-state index in [9.17, 15) is 0 Å². The lowest BCUT2D eigenvalue weighted by atomic mass is 9.82. The summed E-state index contributed by atoms with van der Waals surface area (Å²) in [6.45, 7) is 9.76. The molecule has 1 saturated heterocycles. The molecule has 2 rings (SSSR count). The number of ether oxygens (including phenoxy) is 1. The second-order valence-electron chi connectivity index (χ2n) is 6.22. The number of nitrogen functional groups attached to an aromatic ring is 1. The van der Waals surface area contributed by atoms with Crippen molar-refractivity contribution in [3.63, 3.8) is 0 Å². The third-order valence-electron chi connectivity index (χ3n) is 3.94. The van der Waals surface area contributed by atoms with Gasteiger partial charge in [-0.2, -0.15) is 0 Å². The molecule has 0 saturated carbocycles. The molecular formula is C16H26N2O. The molecule has 106 valence electrons. The predicted molar refractivity (Wildman–Crippen MR) is 81.9 cm³/mol. The van der Waals surface area contributed by atoms with Crippen LogP contribution in [-0.4, -0.2) is 19.7 Å². The van der Waals surface area contributed by atoms with E-state index in [1.54, 1.807) is 0 Å². The van der Waals surface area contributed by atoms with Crippen LogP contribution in [0.3, 0.4) is 0 Å². The molecular weight excluding hydrogens is 236 g/mol. The van der Waals surface area contributed by atoms with Gasteiger partial charge >= 0.3 is 0 Å². The molecule has 1 aliphatic heterocycles. The second kappa shape index (κ2) is 5.72. The van der Waals surface area contributed by atoms with Crippen molar-refractivity contribution in [3.8, 4) is 5.75 Å². The Hall–Kier alpha value is -1.38.